The van der Waals surface area contributed by atoms with Gasteiger partial charge in [-0.2, -0.15) is 0 Å². The molecule has 1 amide bonds. The topological polar surface area (TPSA) is 114 Å². The van der Waals surface area contributed by atoms with E-state index in [1.807, 2.05) is 19.1 Å². The lowest BCUT2D eigenvalue weighted by molar-refractivity contribution is 0.0911. The summed E-state index contributed by atoms with van der Waals surface area (Å²) in [6, 6.07) is 3.73. The minimum absolute atomic E-state index is 0.0505. The molecule has 1 aliphatic heterocycles. The van der Waals surface area contributed by atoms with E-state index in [0.717, 1.165) is 44.7 Å². The van der Waals surface area contributed by atoms with E-state index < -0.39 is 17.2 Å². The summed E-state index contributed by atoms with van der Waals surface area (Å²) in [5.74, 6) is -0.641. The fourth-order valence-corrected chi connectivity index (χ4v) is 4.58. The van der Waals surface area contributed by atoms with E-state index in [9.17, 15) is 14.7 Å². The zero-order chi connectivity index (χ0) is 22.7. The first-order chi connectivity index (χ1) is 15.4. The summed E-state index contributed by atoms with van der Waals surface area (Å²) in [6.07, 6.45) is 7.38. The van der Waals surface area contributed by atoms with Gasteiger partial charge < -0.3 is 25.2 Å². The fraction of sp³-hybridized carbons (Fsp3) is 0.565. The van der Waals surface area contributed by atoms with Gasteiger partial charge in [0.25, 0.3) is 11.5 Å². The number of carbonyl (C=O) groups is 1. The van der Waals surface area contributed by atoms with Crippen molar-refractivity contribution in [3.8, 4) is 17.3 Å². The summed E-state index contributed by atoms with van der Waals surface area (Å²) in [5, 5.41) is 13.2. The Morgan fingerprint density at radius 1 is 1.22 bits per heavy atom. The van der Waals surface area contributed by atoms with Gasteiger partial charge in [-0.1, -0.05) is 19.3 Å². The highest BCUT2D eigenvalue weighted by atomic mass is 16.3. The highest BCUT2D eigenvalue weighted by Crippen LogP contribution is 2.27. The summed E-state index contributed by atoms with van der Waals surface area (Å²) in [5.41, 5.74) is 0.416. The second-order valence-electron chi connectivity index (χ2n) is 8.96. The van der Waals surface area contributed by atoms with Gasteiger partial charge >= 0.3 is 0 Å². The van der Waals surface area contributed by atoms with Crippen LogP contribution in [-0.2, 0) is 0 Å². The number of piperazine rings is 1. The Labute approximate surface area is 187 Å². The number of pyridine rings is 1. The number of H-pyrrole nitrogens is 1. The third kappa shape index (κ3) is 4.93. The van der Waals surface area contributed by atoms with E-state index in [4.69, 9.17) is 0 Å². The van der Waals surface area contributed by atoms with Gasteiger partial charge in [0.15, 0.2) is 11.5 Å². The summed E-state index contributed by atoms with van der Waals surface area (Å²) < 4.78 is 0. The molecular weight excluding hydrogens is 408 g/mol. The molecule has 3 heterocycles. The van der Waals surface area contributed by atoms with Crippen LogP contribution in [0.2, 0.25) is 0 Å². The van der Waals surface area contributed by atoms with Crippen molar-refractivity contribution < 1.29 is 9.90 Å². The molecule has 0 unspecified atom stereocenters. The molecule has 2 aromatic heterocycles. The fourth-order valence-electron chi connectivity index (χ4n) is 4.58. The maximum atomic E-state index is 12.9. The van der Waals surface area contributed by atoms with E-state index in [1.54, 1.807) is 6.20 Å². The molecule has 1 saturated heterocycles. The molecule has 2 aliphatic rings. The number of anilines is 1. The maximum Gasteiger partial charge on any atom is 0.294 e. The number of carbonyl (C=O) groups excluding carboxylic acids is 1. The zero-order valence-electron chi connectivity index (χ0n) is 18.8. The van der Waals surface area contributed by atoms with Crippen LogP contribution in [0.1, 0.15) is 49.5 Å². The van der Waals surface area contributed by atoms with Gasteiger partial charge in [0.2, 0.25) is 5.75 Å². The first-order valence-corrected chi connectivity index (χ1v) is 11.5. The molecule has 0 spiro atoms. The van der Waals surface area contributed by atoms with Crippen LogP contribution in [-0.4, -0.2) is 70.1 Å². The lowest BCUT2D eigenvalue weighted by atomic mass is 9.84. The van der Waals surface area contributed by atoms with E-state index in [-0.39, 0.29) is 17.6 Å². The van der Waals surface area contributed by atoms with Gasteiger partial charge in [0.05, 0.1) is 0 Å². The van der Waals surface area contributed by atoms with Crippen LogP contribution in [0.15, 0.2) is 23.1 Å². The number of hydrogen-bond acceptors (Lipinski definition) is 7. The van der Waals surface area contributed by atoms with Crippen LogP contribution in [0.25, 0.3) is 11.5 Å². The lowest BCUT2D eigenvalue weighted by Crippen LogP contribution is -2.44. The molecule has 32 heavy (non-hydrogen) atoms. The molecular formula is C23H32N6O3. The smallest absolute Gasteiger partial charge is 0.294 e. The van der Waals surface area contributed by atoms with E-state index in [2.05, 4.69) is 37.1 Å². The number of amides is 1. The molecule has 2 aromatic rings. The van der Waals surface area contributed by atoms with Gasteiger partial charge in [0.1, 0.15) is 5.69 Å². The van der Waals surface area contributed by atoms with Crippen molar-refractivity contribution in [2.45, 2.75) is 45.1 Å². The van der Waals surface area contributed by atoms with Crippen LogP contribution < -0.4 is 15.8 Å². The van der Waals surface area contributed by atoms with Crippen LogP contribution >= 0.6 is 0 Å². The van der Waals surface area contributed by atoms with Crippen molar-refractivity contribution in [1.29, 1.82) is 0 Å². The molecule has 172 valence electrons. The molecule has 9 nitrogen and oxygen atoms in total. The largest absolute Gasteiger partial charge is 0.501 e. The molecule has 1 saturated carbocycles. The Hall–Kier alpha value is -2.94. The monoisotopic (exact) mass is 440 g/mol. The molecule has 3 N–H and O–H groups in total. The summed E-state index contributed by atoms with van der Waals surface area (Å²) in [4.78, 5) is 41.0. The minimum Gasteiger partial charge on any atom is -0.501 e. The molecule has 9 heteroatoms. The second-order valence-corrected chi connectivity index (χ2v) is 8.96. The predicted molar refractivity (Wildman–Crippen MR) is 123 cm³/mol. The SMILES string of the molecule is C[C@@H](NC(=O)c1nc(-c2cc(N3CCN(C)CC3)ccn2)[nH]c(=O)c1O)C1CCCCC1. The molecule has 0 aromatic carbocycles. The van der Waals surface area contributed by atoms with Gasteiger partial charge in [-0.25, -0.2) is 4.98 Å². The summed E-state index contributed by atoms with van der Waals surface area (Å²) >= 11 is 0. The molecule has 1 aliphatic carbocycles. The Kier molecular flexibility index (Phi) is 6.74. The normalized spacial score (nSPS) is 19.0. The van der Waals surface area contributed by atoms with Crippen molar-refractivity contribution in [3.63, 3.8) is 0 Å². The van der Waals surface area contributed by atoms with Gasteiger partial charge in [-0.05, 0) is 44.9 Å². The van der Waals surface area contributed by atoms with E-state index in [1.165, 1.54) is 19.3 Å². The van der Waals surface area contributed by atoms with Gasteiger partial charge in [0, 0.05) is 44.1 Å². The standard InChI is InChI=1S/C23H32N6O3/c1-15(16-6-4-3-5-7-16)25-22(31)19-20(30)23(32)27-21(26-19)18-14-17(8-9-24-18)29-12-10-28(2)11-13-29/h8-9,14-16,30H,3-7,10-13H2,1-2H3,(H,25,31)(H,26,27,32)/t15-/m1/s1. The van der Waals surface area contributed by atoms with Crippen LogP contribution in [0, 0.1) is 5.92 Å². The first-order valence-electron chi connectivity index (χ1n) is 11.5. The average molecular weight is 441 g/mol. The summed E-state index contributed by atoms with van der Waals surface area (Å²) in [6.45, 7) is 5.70. The predicted octanol–water partition coefficient (Wildman–Crippen LogP) is 1.99. The highest BCUT2D eigenvalue weighted by molar-refractivity contribution is 5.95. The Bertz CT molecular complexity index is 1010. The van der Waals surface area contributed by atoms with Gasteiger partial charge in [-0.3, -0.25) is 14.6 Å². The van der Waals surface area contributed by atoms with Crippen molar-refractivity contribution >= 4 is 11.6 Å². The Morgan fingerprint density at radius 2 is 1.94 bits per heavy atom. The number of aromatic nitrogens is 3. The Balaban J connectivity index is 1.56. The van der Waals surface area contributed by atoms with Crippen LogP contribution in [0.4, 0.5) is 5.69 Å². The number of hydrogen-bond donors (Lipinski definition) is 3. The number of aromatic hydroxyl groups is 1. The van der Waals surface area contributed by atoms with Crippen molar-refractivity contribution in [1.82, 2.24) is 25.2 Å². The van der Waals surface area contributed by atoms with Crippen molar-refractivity contribution in [2.75, 3.05) is 38.1 Å². The molecule has 2 fully saturated rings. The van der Waals surface area contributed by atoms with Crippen LogP contribution in [0.5, 0.6) is 5.75 Å². The average Bonchev–Trinajstić information content (AvgIpc) is 2.81. The molecule has 1 atom stereocenters. The van der Waals surface area contributed by atoms with Crippen molar-refractivity contribution in [2.24, 2.45) is 5.92 Å². The Morgan fingerprint density at radius 3 is 2.66 bits per heavy atom. The number of aromatic amines is 1. The number of likely N-dealkylation sites (N-methyl/N-ethyl adjacent to an activating group) is 1. The molecule has 0 bridgehead atoms. The van der Waals surface area contributed by atoms with E-state index >= 15 is 0 Å². The van der Waals surface area contributed by atoms with Crippen molar-refractivity contribution in [3.05, 3.63) is 34.4 Å². The van der Waals surface area contributed by atoms with E-state index in [0.29, 0.717) is 11.6 Å². The highest BCUT2D eigenvalue weighted by Gasteiger charge is 2.25. The maximum absolute atomic E-state index is 12.9. The second kappa shape index (κ2) is 9.68. The third-order valence-corrected chi connectivity index (χ3v) is 6.68. The zero-order valence-corrected chi connectivity index (χ0v) is 18.8. The minimum atomic E-state index is -0.753. The quantitative estimate of drug-likeness (QED) is 0.651. The molecule has 0 radical (unpaired) electrons. The first kappa shape index (κ1) is 22.3. The van der Waals surface area contributed by atoms with Crippen LogP contribution in [0.3, 0.4) is 0 Å². The van der Waals surface area contributed by atoms with Gasteiger partial charge in [-0.15, -0.1) is 0 Å². The third-order valence-electron chi connectivity index (χ3n) is 6.68. The lowest BCUT2D eigenvalue weighted by Gasteiger charge is -2.34. The number of rotatable bonds is 5. The number of nitrogens with zero attached hydrogens (tertiary/aromatic N) is 4. The summed E-state index contributed by atoms with van der Waals surface area (Å²) in [7, 11) is 2.10. The molecule has 4 rings (SSSR count). The number of nitrogens with one attached hydrogen (secondary N) is 2.